The normalized spacial score (nSPS) is 10.7. The zero-order valence-electron chi connectivity index (χ0n) is 70.3. The number of phenols is 1. The number of esters is 3. The fraction of sp³-hybridized carbons (Fsp3) is 0.398. The molecular formula is C83H106BrN11O22S6. The summed E-state index contributed by atoms with van der Waals surface area (Å²) in [4.78, 5) is 115. The first-order valence-corrected chi connectivity index (χ1v) is 44.6. The molecule has 40 heteroatoms. The molecule has 0 saturated heterocycles. The van der Waals surface area contributed by atoms with E-state index in [1.807, 2.05) is 12.1 Å². The van der Waals surface area contributed by atoms with Gasteiger partial charge in [0.1, 0.15) is 40.3 Å². The molecule has 0 radical (unpaired) electrons. The molecule has 0 atom stereocenters. The zero-order valence-corrected chi connectivity index (χ0v) is 76.8. The first kappa shape index (κ1) is 105. The molecule has 0 aliphatic carbocycles. The molecule has 0 saturated carbocycles. The summed E-state index contributed by atoms with van der Waals surface area (Å²) in [6.07, 6.45) is 11.9. The number of benzene rings is 4. The van der Waals surface area contributed by atoms with Crippen LogP contribution in [-0.4, -0.2) is 148 Å². The van der Waals surface area contributed by atoms with Crippen LogP contribution in [0.15, 0.2) is 160 Å². The van der Waals surface area contributed by atoms with Gasteiger partial charge in [-0.15, -0.1) is 35.3 Å². The number of oxazole rings is 3. The highest BCUT2D eigenvalue weighted by Gasteiger charge is 2.23. The van der Waals surface area contributed by atoms with Gasteiger partial charge in [-0.1, -0.05) is 161 Å². The van der Waals surface area contributed by atoms with Gasteiger partial charge >= 0.3 is 29.8 Å². The second-order valence-corrected chi connectivity index (χ2v) is 36.1. The Morgan fingerprint density at radius 1 is 0.431 bits per heavy atom. The minimum absolute atomic E-state index is 0.000278. The minimum atomic E-state index is -0.869. The SMILES string of the molecule is CC(C)(C)c1cnc(CSc2cnc(N)s2)o1.CC(C)(C)c1cnc(CSc2cnc(NC(=O)Cc3ccc(OCCC(=O)NO)cc3)s2)o1.CCOC(=O)CCBr.CCOC(=O)CCOc1ccc(CC(=O)Nc2ncc(SCc3ncc(C(C)(C)C)o3)s2)cc1.CCOC(=O)CCOc1ccc(CC(=O)O)cc1.NO.O=C(O)Cc1ccc(O)cc1. The molecule has 668 valence electrons. The van der Waals surface area contributed by atoms with Crippen molar-refractivity contribution in [1.29, 1.82) is 0 Å². The summed E-state index contributed by atoms with van der Waals surface area (Å²) in [5.41, 5.74) is 10.0. The smallest absolute Gasteiger partial charge is 0.309 e. The zero-order chi connectivity index (χ0) is 90.9. The molecule has 0 unspecified atom stereocenters. The number of carbonyl (C=O) groups excluding carboxylic acids is 6. The fourth-order valence-corrected chi connectivity index (χ4v) is 14.5. The molecule has 0 bridgehead atoms. The van der Waals surface area contributed by atoms with E-state index in [0.717, 1.165) is 46.9 Å². The van der Waals surface area contributed by atoms with Crippen LogP contribution in [-0.2, 0) is 112 Å². The van der Waals surface area contributed by atoms with Crippen LogP contribution < -0.4 is 42.0 Å². The summed E-state index contributed by atoms with van der Waals surface area (Å²) in [5, 5.41) is 48.8. The van der Waals surface area contributed by atoms with Crippen molar-refractivity contribution in [3.63, 3.8) is 0 Å². The average Bonchev–Trinajstić information content (AvgIpc) is 1.72. The number of hydroxylamine groups is 1. The number of carboxylic acid groups (broad SMARTS) is 2. The highest BCUT2D eigenvalue weighted by molar-refractivity contribution is 9.09. The number of thiazole rings is 3. The molecule has 6 aromatic heterocycles. The maximum absolute atomic E-state index is 12.4. The molecule has 0 aliphatic rings. The van der Waals surface area contributed by atoms with Gasteiger partial charge in [-0.3, -0.25) is 43.6 Å². The lowest BCUT2D eigenvalue weighted by Gasteiger charge is -2.12. The monoisotopic (exact) mass is 1880 g/mol. The van der Waals surface area contributed by atoms with E-state index in [4.69, 9.17) is 68.4 Å². The number of aromatic hydroxyl groups is 1. The van der Waals surface area contributed by atoms with E-state index in [2.05, 4.69) is 129 Å². The van der Waals surface area contributed by atoms with Crippen LogP contribution >= 0.6 is 85.2 Å². The Morgan fingerprint density at radius 3 is 1.03 bits per heavy atom. The van der Waals surface area contributed by atoms with E-state index < -0.39 is 17.8 Å². The number of hydrogen-bond acceptors (Lipinski definition) is 34. The highest BCUT2D eigenvalue weighted by atomic mass is 79.9. The first-order chi connectivity index (χ1) is 58.5. The number of phenolic OH excluding ortho intramolecular Hbond substituents is 1. The predicted octanol–water partition coefficient (Wildman–Crippen LogP) is 16.0. The lowest BCUT2D eigenvalue weighted by molar-refractivity contribution is -0.144. The number of nitrogen functional groups attached to an aromatic ring is 1. The summed E-state index contributed by atoms with van der Waals surface area (Å²) >= 11 is 12.2. The number of nitrogens with one attached hydrogen (secondary N) is 3. The number of alkyl halides is 1. The Bertz CT molecular complexity index is 4780. The maximum Gasteiger partial charge on any atom is 0.309 e. The molecule has 0 fully saturated rings. The molecule has 10 aromatic rings. The lowest BCUT2D eigenvalue weighted by Crippen LogP contribution is -2.20. The summed E-state index contributed by atoms with van der Waals surface area (Å²) < 4.78 is 50.8. The van der Waals surface area contributed by atoms with E-state index in [1.54, 1.807) is 172 Å². The van der Waals surface area contributed by atoms with Gasteiger partial charge in [0.2, 0.25) is 35.4 Å². The third kappa shape index (κ3) is 45.0. The Labute approximate surface area is 746 Å². The molecule has 123 heavy (non-hydrogen) atoms. The molecule has 33 nitrogen and oxygen atoms in total. The van der Waals surface area contributed by atoms with Crippen LogP contribution in [0.1, 0.15) is 166 Å². The molecule has 4 aromatic carbocycles. The summed E-state index contributed by atoms with van der Waals surface area (Å²) in [5.74, 6) is 8.77. The highest BCUT2D eigenvalue weighted by Crippen LogP contribution is 2.35. The van der Waals surface area contributed by atoms with E-state index >= 15 is 0 Å². The number of nitrogens with two attached hydrogens (primary N) is 2. The molecule has 6 heterocycles. The van der Waals surface area contributed by atoms with E-state index in [-0.39, 0.29) is 116 Å². The Kier molecular flexibility index (Phi) is 48.1. The Hall–Kier alpha value is -10.4. The molecule has 12 N–H and O–H groups in total. The average molecular weight is 1880 g/mol. The number of hydrogen-bond donors (Lipinski definition) is 10. The molecule has 3 amide bonds. The number of thioether (sulfide) groups is 3. The predicted molar refractivity (Wildman–Crippen MR) is 474 cm³/mol. The minimum Gasteiger partial charge on any atom is -0.508 e. The van der Waals surface area contributed by atoms with Gasteiger partial charge < -0.3 is 78.6 Å². The number of ether oxygens (including phenoxy) is 6. The van der Waals surface area contributed by atoms with Gasteiger partial charge in [-0.25, -0.2) is 41.3 Å². The van der Waals surface area contributed by atoms with Crippen LogP contribution in [0.4, 0.5) is 15.4 Å². The quantitative estimate of drug-likeness (QED) is 0.00435. The van der Waals surface area contributed by atoms with E-state index in [1.165, 1.54) is 46.1 Å². The van der Waals surface area contributed by atoms with Crippen LogP contribution in [0, 0.1) is 0 Å². The number of carboxylic acids is 2. The molecular weight excluding hydrogens is 1780 g/mol. The van der Waals surface area contributed by atoms with Crippen LogP contribution in [0.2, 0.25) is 0 Å². The largest absolute Gasteiger partial charge is 0.508 e. The van der Waals surface area contributed by atoms with E-state index in [9.17, 15) is 38.4 Å². The standard InChI is InChI=1S/C24H29N3O5S2.C22H26N4O5S2.C13H16O5.C11H15N3OS2.C8H8O3.C5H9BrO2.H3NO/c1-5-30-21(29)10-11-31-17-8-6-16(7-9-17)12-19(28)27-23-26-14-22(34-23)33-15-20-25-13-18(32-20)24(2,3)4;1-22(2,3)16-11-23-19(31-16)13-32-20-12-24-21(33-20)25-18(28)10-14-4-6-15(7-5-14)30-9-8-17(27)26-29;1-2-17-13(16)7-8-18-11-5-3-10(4-6-11)9-12(14)15;1-11(2,3)7-4-13-8(15-7)6-16-9-5-14-10(12)17-9;9-7-3-1-6(2-4-7)5-8(10)11;1-2-8-5(7)3-4-6;1-2/h6-9,13-14H,5,10-12,15H2,1-4H3,(H,26,27,28);4-7,11-12,29H,8-10,13H2,1-3H3,(H,26,27)(H,24,25,28);3-6H,2,7-9H2,1H3,(H,14,15);4-5H,6H2,1-3H3,(H2,12,14);1-4,9H,5H2,(H,10,11);2-4H2,1H3;2H,1H2. The third-order valence-electron chi connectivity index (χ3n) is 15.1. The van der Waals surface area contributed by atoms with Crippen LogP contribution in [0.3, 0.4) is 0 Å². The Morgan fingerprint density at radius 2 is 0.740 bits per heavy atom. The van der Waals surface area contributed by atoms with Crippen molar-refractivity contribution in [2.24, 2.45) is 5.90 Å². The number of aromatic nitrogens is 6. The molecule has 10 rings (SSSR count). The molecule has 0 aliphatic heterocycles. The van der Waals surface area contributed by atoms with Crippen molar-refractivity contribution < 1.29 is 106 Å². The van der Waals surface area contributed by atoms with Crippen molar-refractivity contribution in [2.45, 2.75) is 181 Å². The second kappa shape index (κ2) is 56.4. The van der Waals surface area contributed by atoms with Gasteiger partial charge in [0, 0.05) is 21.6 Å². The lowest BCUT2D eigenvalue weighted by atomic mass is 9.94. The van der Waals surface area contributed by atoms with Crippen LogP contribution in [0.25, 0.3) is 0 Å². The van der Waals surface area contributed by atoms with Gasteiger partial charge in [0.15, 0.2) is 15.4 Å². The van der Waals surface area contributed by atoms with E-state index in [0.29, 0.717) is 104 Å². The number of carbonyl (C=O) groups is 8. The summed E-state index contributed by atoms with van der Waals surface area (Å²) in [6.45, 7) is 25.9. The Balaban J connectivity index is 0.000000328. The number of amides is 3. The topological polar surface area (TPSA) is 498 Å². The maximum atomic E-state index is 12.4. The van der Waals surface area contributed by atoms with Crippen molar-refractivity contribution in [3.05, 3.63) is 191 Å². The third-order valence-corrected chi connectivity index (χ3v) is 21.7. The van der Waals surface area contributed by atoms with Crippen LogP contribution in [0.5, 0.6) is 23.0 Å². The van der Waals surface area contributed by atoms with Crippen molar-refractivity contribution in [2.75, 3.05) is 61.3 Å². The first-order valence-electron chi connectivity index (χ1n) is 38.1. The second-order valence-electron chi connectivity index (χ2n) is 28.3. The molecule has 0 spiro atoms. The van der Waals surface area contributed by atoms with Gasteiger partial charge in [-0.05, 0) is 91.6 Å². The van der Waals surface area contributed by atoms with Gasteiger partial charge in [-0.2, -0.15) is 0 Å². The summed E-state index contributed by atoms with van der Waals surface area (Å²) in [6, 6.07) is 27.1. The number of halogens is 1. The number of aliphatic carboxylic acids is 2. The van der Waals surface area contributed by atoms with Crippen molar-refractivity contribution in [3.8, 4) is 23.0 Å². The summed E-state index contributed by atoms with van der Waals surface area (Å²) in [7, 11) is 0. The van der Waals surface area contributed by atoms with Crippen molar-refractivity contribution in [1.82, 2.24) is 35.4 Å². The van der Waals surface area contributed by atoms with Crippen molar-refractivity contribution >= 4 is 148 Å². The number of nitrogens with zero attached hydrogens (tertiary/aromatic N) is 6. The van der Waals surface area contributed by atoms with Gasteiger partial charge in [0.25, 0.3) is 0 Å². The van der Waals surface area contributed by atoms with Gasteiger partial charge in [0.05, 0.1) is 158 Å². The number of rotatable bonds is 36. The number of anilines is 3. The fourth-order valence-electron chi connectivity index (χ4n) is 9.05.